The smallest absolute Gasteiger partial charge is 0.284 e. The quantitative estimate of drug-likeness (QED) is 0.333. The van der Waals surface area contributed by atoms with E-state index in [2.05, 4.69) is 15.8 Å². The first-order chi connectivity index (χ1) is 14.5. The van der Waals surface area contributed by atoms with Crippen LogP contribution in [0.3, 0.4) is 0 Å². The molecule has 0 saturated heterocycles. The fourth-order valence-electron chi connectivity index (χ4n) is 2.63. The number of hydrogen-bond acceptors (Lipinski definition) is 7. The molecule has 0 bridgehead atoms. The Balaban J connectivity index is 1.60. The summed E-state index contributed by atoms with van der Waals surface area (Å²) in [6, 6.07) is 15.3. The molecule has 0 unspecified atom stereocenters. The zero-order valence-electron chi connectivity index (χ0n) is 16.4. The van der Waals surface area contributed by atoms with Crippen molar-refractivity contribution in [3.8, 4) is 17.1 Å². The summed E-state index contributed by atoms with van der Waals surface area (Å²) in [6.45, 7) is 2.04. The summed E-state index contributed by atoms with van der Waals surface area (Å²) in [4.78, 5) is 22.7. The molecule has 0 spiro atoms. The molecule has 9 nitrogen and oxygen atoms in total. The van der Waals surface area contributed by atoms with Gasteiger partial charge in [-0.15, -0.1) is 0 Å². The minimum absolute atomic E-state index is 0.0574. The molecule has 2 aromatic carbocycles. The standard InChI is InChI=1S/C21H20N4O5/c1-14-3-5-15(6-4-14)22-13-21(26)24-23-12-17-8-10-20(30-17)18-9-7-16(29-2)11-19(18)25(27)28/h3-12,22H,13H2,1-2H3,(H,24,26)/b23-12-. The number of rotatable bonds is 8. The number of hydrogen-bond donors (Lipinski definition) is 2. The van der Waals surface area contributed by atoms with E-state index in [1.807, 2.05) is 31.2 Å². The van der Waals surface area contributed by atoms with Crippen molar-refractivity contribution in [1.29, 1.82) is 0 Å². The van der Waals surface area contributed by atoms with E-state index < -0.39 is 4.92 Å². The van der Waals surface area contributed by atoms with Gasteiger partial charge < -0.3 is 14.5 Å². The largest absolute Gasteiger partial charge is 0.497 e. The van der Waals surface area contributed by atoms with Gasteiger partial charge in [0, 0.05) is 5.69 Å². The molecule has 1 aromatic heterocycles. The SMILES string of the molecule is COc1ccc(-c2ccc(/C=N\NC(=O)CNc3ccc(C)cc3)o2)c([N+](=O)[O-])c1. The van der Waals surface area contributed by atoms with Crippen LogP contribution in [0, 0.1) is 17.0 Å². The minimum atomic E-state index is -0.505. The Kier molecular flexibility index (Phi) is 6.43. The number of carbonyl (C=O) groups excluding carboxylic acids is 1. The normalized spacial score (nSPS) is 10.7. The lowest BCUT2D eigenvalue weighted by Crippen LogP contribution is -2.25. The Labute approximate surface area is 172 Å². The van der Waals surface area contributed by atoms with Crippen LogP contribution in [0.15, 0.2) is 64.1 Å². The predicted molar refractivity (Wildman–Crippen MR) is 113 cm³/mol. The molecule has 0 aliphatic carbocycles. The number of amides is 1. The second-order valence-corrected chi connectivity index (χ2v) is 6.35. The van der Waals surface area contributed by atoms with Gasteiger partial charge in [-0.25, -0.2) is 5.43 Å². The molecule has 3 aromatic rings. The Bertz CT molecular complexity index is 1070. The zero-order chi connectivity index (χ0) is 21.5. The van der Waals surface area contributed by atoms with Crippen LogP contribution in [0.25, 0.3) is 11.3 Å². The Morgan fingerprint density at radius 1 is 1.20 bits per heavy atom. The second kappa shape index (κ2) is 9.37. The van der Waals surface area contributed by atoms with Crippen molar-refractivity contribution in [2.45, 2.75) is 6.92 Å². The third-order valence-corrected chi connectivity index (χ3v) is 4.18. The average molecular weight is 408 g/mol. The third kappa shape index (κ3) is 5.22. The number of carbonyl (C=O) groups is 1. The van der Waals surface area contributed by atoms with Gasteiger partial charge in [0.1, 0.15) is 17.3 Å². The van der Waals surface area contributed by atoms with E-state index in [1.165, 1.54) is 19.4 Å². The highest BCUT2D eigenvalue weighted by atomic mass is 16.6. The van der Waals surface area contributed by atoms with E-state index in [-0.39, 0.29) is 18.1 Å². The molecule has 0 fully saturated rings. The molecule has 0 atom stereocenters. The fourth-order valence-corrected chi connectivity index (χ4v) is 2.63. The Morgan fingerprint density at radius 3 is 2.67 bits per heavy atom. The highest BCUT2D eigenvalue weighted by molar-refractivity contribution is 5.83. The lowest BCUT2D eigenvalue weighted by Gasteiger charge is -2.05. The van der Waals surface area contributed by atoms with Gasteiger partial charge in [0.25, 0.3) is 11.6 Å². The molecule has 0 radical (unpaired) electrons. The number of furan rings is 1. The van der Waals surface area contributed by atoms with Gasteiger partial charge >= 0.3 is 0 Å². The summed E-state index contributed by atoms with van der Waals surface area (Å²) in [7, 11) is 1.44. The van der Waals surface area contributed by atoms with E-state index in [1.54, 1.807) is 24.3 Å². The molecular weight excluding hydrogens is 388 g/mol. The van der Waals surface area contributed by atoms with Crippen LogP contribution >= 0.6 is 0 Å². The van der Waals surface area contributed by atoms with Crippen LogP contribution in [0.2, 0.25) is 0 Å². The van der Waals surface area contributed by atoms with Crippen LogP contribution in [-0.4, -0.2) is 30.7 Å². The lowest BCUT2D eigenvalue weighted by molar-refractivity contribution is -0.384. The molecule has 154 valence electrons. The monoisotopic (exact) mass is 408 g/mol. The van der Waals surface area contributed by atoms with Crippen molar-refractivity contribution in [1.82, 2.24) is 5.43 Å². The number of nitrogens with one attached hydrogen (secondary N) is 2. The molecule has 0 aliphatic heterocycles. The van der Waals surface area contributed by atoms with Crippen molar-refractivity contribution < 1.29 is 18.9 Å². The molecule has 0 saturated carbocycles. The van der Waals surface area contributed by atoms with Gasteiger partial charge in [-0.2, -0.15) is 5.10 Å². The zero-order valence-corrected chi connectivity index (χ0v) is 16.4. The number of ether oxygens (including phenoxy) is 1. The van der Waals surface area contributed by atoms with E-state index >= 15 is 0 Å². The van der Waals surface area contributed by atoms with E-state index in [9.17, 15) is 14.9 Å². The van der Waals surface area contributed by atoms with Gasteiger partial charge in [-0.05, 0) is 43.3 Å². The average Bonchev–Trinajstić information content (AvgIpc) is 3.21. The van der Waals surface area contributed by atoms with Crippen molar-refractivity contribution >= 4 is 23.5 Å². The van der Waals surface area contributed by atoms with Gasteiger partial charge in [-0.1, -0.05) is 17.7 Å². The molecule has 1 heterocycles. The van der Waals surface area contributed by atoms with Gasteiger partial charge in [0.2, 0.25) is 0 Å². The summed E-state index contributed by atoms with van der Waals surface area (Å²) in [6.07, 6.45) is 1.32. The van der Waals surface area contributed by atoms with Gasteiger partial charge in [0.15, 0.2) is 0 Å². The third-order valence-electron chi connectivity index (χ3n) is 4.18. The Morgan fingerprint density at radius 2 is 1.97 bits per heavy atom. The number of aryl methyl sites for hydroxylation is 1. The molecule has 0 aliphatic rings. The van der Waals surface area contributed by atoms with Crippen LogP contribution in [0.5, 0.6) is 5.75 Å². The van der Waals surface area contributed by atoms with Crippen LogP contribution in [0.1, 0.15) is 11.3 Å². The number of methoxy groups -OCH3 is 1. The predicted octanol–water partition coefficient (Wildman–Crippen LogP) is 3.73. The molecule has 1 amide bonds. The number of benzene rings is 2. The molecule has 3 rings (SSSR count). The minimum Gasteiger partial charge on any atom is -0.497 e. The lowest BCUT2D eigenvalue weighted by atomic mass is 10.1. The maximum absolute atomic E-state index is 11.9. The van der Waals surface area contributed by atoms with E-state index in [0.29, 0.717) is 22.8 Å². The highest BCUT2D eigenvalue weighted by Gasteiger charge is 2.19. The summed E-state index contributed by atoms with van der Waals surface area (Å²) in [5, 5.41) is 18.2. The van der Waals surface area contributed by atoms with Crippen LogP contribution in [-0.2, 0) is 4.79 Å². The maximum Gasteiger partial charge on any atom is 0.284 e. The fraction of sp³-hybridized carbons (Fsp3) is 0.143. The molecule has 9 heteroatoms. The number of hydrazone groups is 1. The van der Waals surface area contributed by atoms with E-state index in [0.717, 1.165) is 11.3 Å². The summed E-state index contributed by atoms with van der Waals surface area (Å²) in [5.41, 5.74) is 4.53. The molecule has 30 heavy (non-hydrogen) atoms. The second-order valence-electron chi connectivity index (χ2n) is 6.35. The number of nitrogens with zero attached hydrogens (tertiary/aromatic N) is 2. The molecule has 2 N–H and O–H groups in total. The van der Waals surface area contributed by atoms with E-state index in [4.69, 9.17) is 9.15 Å². The summed E-state index contributed by atoms with van der Waals surface area (Å²) in [5.74, 6) is 0.685. The van der Waals surface area contributed by atoms with Crippen LogP contribution < -0.4 is 15.5 Å². The first-order valence-electron chi connectivity index (χ1n) is 9.01. The first-order valence-corrected chi connectivity index (χ1v) is 9.01. The molecular formula is C21H20N4O5. The van der Waals surface area contributed by atoms with Crippen molar-refractivity contribution in [3.63, 3.8) is 0 Å². The maximum atomic E-state index is 11.9. The van der Waals surface area contributed by atoms with Crippen molar-refractivity contribution in [3.05, 3.63) is 76.0 Å². The van der Waals surface area contributed by atoms with Gasteiger partial charge in [0.05, 0.1) is 36.4 Å². The van der Waals surface area contributed by atoms with Crippen LogP contribution in [0.4, 0.5) is 11.4 Å². The van der Waals surface area contributed by atoms with Crippen molar-refractivity contribution in [2.24, 2.45) is 5.10 Å². The first kappa shape index (κ1) is 20.6. The van der Waals surface area contributed by atoms with Crippen molar-refractivity contribution in [2.75, 3.05) is 19.0 Å². The summed E-state index contributed by atoms with van der Waals surface area (Å²) >= 11 is 0. The number of anilines is 1. The Hall–Kier alpha value is -4.14. The summed E-state index contributed by atoms with van der Waals surface area (Å²) < 4.78 is 10.6. The highest BCUT2D eigenvalue weighted by Crippen LogP contribution is 2.33. The van der Waals surface area contributed by atoms with Gasteiger partial charge in [-0.3, -0.25) is 14.9 Å². The topological polar surface area (TPSA) is 119 Å². The number of nitro groups is 1. The number of nitro benzene ring substituents is 1.